The van der Waals surface area contributed by atoms with Gasteiger partial charge in [-0.25, -0.2) is 4.79 Å². The summed E-state index contributed by atoms with van der Waals surface area (Å²) in [7, 11) is 0. The summed E-state index contributed by atoms with van der Waals surface area (Å²) < 4.78 is 5.35. The normalized spacial score (nSPS) is 14.9. The van der Waals surface area contributed by atoms with E-state index >= 15 is 0 Å². The van der Waals surface area contributed by atoms with Gasteiger partial charge in [-0.3, -0.25) is 4.90 Å². The molecule has 0 saturated heterocycles. The second kappa shape index (κ2) is 6.91. The van der Waals surface area contributed by atoms with Crippen LogP contribution in [0.15, 0.2) is 28.8 Å². The molecule has 23 heavy (non-hydrogen) atoms. The third-order valence-electron chi connectivity index (χ3n) is 4.33. The summed E-state index contributed by atoms with van der Waals surface area (Å²) in [6.45, 7) is 4.15. The Balaban J connectivity index is 1.64. The number of aromatic carboxylic acids is 1. The zero-order chi connectivity index (χ0) is 16.2. The summed E-state index contributed by atoms with van der Waals surface area (Å²) in [4.78, 5) is 17.7. The van der Waals surface area contributed by atoms with Gasteiger partial charge in [0.25, 0.3) is 0 Å². The first-order chi connectivity index (χ1) is 11.2. The fourth-order valence-corrected chi connectivity index (χ4v) is 2.69. The van der Waals surface area contributed by atoms with Crippen molar-refractivity contribution in [2.45, 2.75) is 45.2 Å². The lowest BCUT2D eigenvalue weighted by molar-refractivity contribution is 0.0696. The molecule has 1 saturated carbocycles. The molecule has 0 amide bonds. The van der Waals surface area contributed by atoms with Gasteiger partial charge in [0.1, 0.15) is 0 Å². The maximum absolute atomic E-state index is 11.1. The van der Waals surface area contributed by atoms with Crippen molar-refractivity contribution in [3.05, 3.63) is 47.1 Å². The minimum Gasteiger partial charge on any atom is -0.478 e. The lowest BCUT2D eigenvalue weighted by Crippen LogP contribution is -2.23. The van der Waals surface area contributed by atoms with Crippen molar-refractivity contribution in [3.63, 3.8) is 0 Å². The van der Waals surface area contributed by atoms with Crippen molar-refractivity contribution in [3.8, 4) is 0 Å². The molecule has 0 radical (unpaired) electrons. The van der Waals surface area contributed by atoms with Crippen LogP contribution < -0.4 is 0 Å². The van der Waals surface area contributed by atoms with E-state index in [-0.39, 0.29) is 0 Å². The van der Waals surface area contributed by atoms with E-state index < -0.39 is 5.97 Å². The number of nitrogens with zero attached hydrogens (tertiary/aromatic N) is 3. The molecule has 1 fully saturated rings. The number of hydrogen-bond donors (Lipinski definition) is 1. The average Bonchev–Trinajstić information content (AvgIpc) is 2.93. The van der Waals surface area contributed by atoms with Gasteiger partial charge in [-0.15, -0.1) is 0 Å². The second-order valence-corrected chi connectivity index (χ2v) is 5.99. The van der Waals surface area contributed by atoms with Gasteiger partial charge in [-0.05, 0) is 37.1 Å². The summed E-state index contributed by atoms with van der Waals surface area (Å²) in [5.41, 5.74) is 1.28. The number of carboxylic acids is 1. The van der Waals surface area contributed by atoms with Crippen LogP contribution in [0.4, 0.5) is 0 Å². The molecule has 0 spiro atoms. The maximum Gasteiger partial charge on any atom is 0.335 e. The molecule has 0 aliphatic heterocycles. The zero-order valence-electron chi connectivity index (χ0n) is 13.2. The predicted octanol–water partition coefficient (Wildman–Crippen LogP) is 3.06. The largest absolute Gasteiger partial charge is 0.478 e. The molecule has 122 valence electrons. The van der Waals surface area contributed by atoms with Crippen LogP contribution >= 0.6 is 0 Å². The Labute approximate surface area is 135 Å². The Bertz CT molecular complexity index is 679. The van der Waals surface area contributed by atoms with Crippen LogP contribution in [0.1, 0.15) is 59.7 Å². The standard InChI is InChI=1S/C17H21N3O3/c1-2-20(10-12-5-3-8-14(9-12)17(21)22)11-15-18-16(23-19-15)13-6-4-7-13/h3,5,8-9,13H,2,4,6-7,10-11H2,1H3,(H,21,22). The van der Waals surface area contributed by atoms with Gasteiger partial charge in [0, 0.05) is 12.5 Å². The van der Waals surface area contributed by atoms with E-state index in [0.717, 1.165) is 30.8 Å². The van der Waals surface area contributed by atoms with E-state index in [9.17, 15) is 4.79 Å². The molecular weight excluding hydrogens is 294 g/mol. The van der Waals surface area contributed by atoms with Gasteiger partial charge in [0.2, 0.25) is 5.89 Å². The van der Waals surface area contributed by atoms with Crippen LogP contribution in [0, 0.1) is 0 Å². The van der Waals surface area contributed by atoms with Crippen molar-refractivity contribution in [1.82, 2.24) is 15.0 Å². The topological polar surface area (TPSA) is 79.5 Å². The van der Waals surface area contributed by atoms with Gasteiger partial charge in [0.15, 0.2) is 5.82 Å². The van der Waals surface area contributed by atoms with Crippen LogP contribution in [0.5, 0.6) is 0 Å². The Morgan fingerprint density at radius 1 is 1.39 bits per heavy atom. The van der Waals surface area contributed by atoms with Gasteiger partial charge in [-0.2, -0.15) is 4.98 Å². The first-order valence-corrected chi connectivity index (χ1v) is 8.02. The fraction of sp³-hybridized carbons (Fsp3) is 0.471. The molecule has 6 nitrogen and oxygen atoms in total. The summed E-state index contributed by atoms with van der Waals surface area (Å²) in [5, 5.41) is 13.1. The molecule has 1 N–H and O–H groups in total. The number of hydrogen-bond acceptors (Lipinski definition) is 5. The first-order valence-electron chi connectivity index (χ1n) is 8.02. The number of carboxylic acid groups (broad SMARTS) is 1. The lowest BCUT2D eigenvalue weighted by atomic mass is 9.85. The highest BCUT2D eigenvalue weighted by Crippen LogP contribution is 2.35. The van der Waals surface area contributed by atoms with E-state index in [0.29, 0.717) is 30.4 Å². The third-order valence-corrected chi connectivity index (χ3v) is 4.33. The van der Waals surface area contributed by atoms with E-state index in [1.54, 1.807) is 18.2 Å². The second-order valence-electron chi connectivity index (χ2n) is 5.99. The maximum atomic E-state index is 11.1. The van der Waals surface area contributed by atoms with Crippen LogP contribution in [-0.2, 0) is 13.1 Å². The highest BCUT2D eigenvalue weighted by atomic mass is 16.5. The quantitative estimate of drug-likeness (QED) is 0.846. The van der Waals surface area contributed by atoms with Crippen molar-refractivity contribution < 1.29 is 14.4 Å². The lowest BCUT2D eigenvalue weighted by Gasteiger charge is -2.20. The average molecular weight is 315 g/mol. The molecule has 2 aromatic rings. The molecule has 1 aromatic carbocycles. The molecule has 0 atom stereocenters. The van der Waals surface area contributed by atoms with Crippen molar-refractivity contribution in [2.24, 2.45) is 0 Å². The molecular formula is C17H21N3O3. The molecule has 1 aromatic heterocycles. The van der Waals surface area contributed by atoms with Gasteiger partial charge in [0.05, 0.1) is 12.1 Å². The molecule has 1 aliphatic rings. The van der Waals surface area contributed by atoms with Crippen molar-refractivity contribution in [1.29, 1.82) is 0 Å². The minimum absolute atomic E-state index is 0.311. The van der Waals surface area contributed by atoms with Gasteiger partial charge < -0.3 is 9.63 Å². The number of benzene rings is 1. The number of aromatic nitrogens is 2. The predicted molar refractivity (Wildman–Crippen MR) is 84.1 cm³/mol. The molecule has 3 rings (SSSR count). The summed E-state index contributed by atoms with van der Waals surface area (Å²) in [6.07, 6.45) is 3.52. The molecule has 1 heterocycles. The SMILES string of the molecule is CCN(Cc1cccc(C(=O)O)c1)Cc1noc(C2CCC2)n1. The summed E-state index contributed by atoms with van der Waals surface area (Å²) in [6, 6.07) is 7.02. The number of carbonyl (C=O) groups is 1. The van der Waals surface area contributed by atoms with E-state index in [4.69, 9.17) is 9.63 Å². The monoisotopic (exact) mass is 315 g/mol. The van der Waals surface area contributed by atoms with Crippen LogP contribution in [0.3, 0.4) is 0 Å². The van der Waals surface area contributed by atoms with Crippen molar-refractivity contribution in [2.75, 3.05) is 6.54 Å². The number of rotatable bonds is 7. The summed E-state index contributed by atoms with van der Waals surface area (Å²) >= 11 is 0. The summed E-state index contributed by atoms with van der Waals surface area (Å²) in [5.74, 6) is 0.995. The zero-order valence-corrected chi connectivity index (χ0v) is 13.2. The fourth-order valence-electron chi connectivity index (χ4n) is 2.69. The van der Waals surface area contributed by atoms with Gasteiger partial charge in [-0.1, -0.05) is 30.6 Å². The molecule has 0 bridgehead atoms. The highest BCUT2D eigenvalue weighted by Gasteiger charge is 2.25. The molecule has 0 unspecified atom stereocenters. The minimum atomic E-state index is -0.904. The van der Waals surface area contributed by atoms with Gasteiger partial charge >= 0.3 is 5.97 Å². The van der Waals surface area contributed by atoms with Crippen LogP contribution in [0.2, 0.25) is 0 Å². The van der Waals surface area contributed by atoms with Crippen molar-refractivity contribution >= 4 is 5.97 Å². The van der Waals surface area contributed by atoms with E-state index in [2.05, 4.69) is 22.0 Å². The highest BCUT2D eigenvalue weighted by molar-refractivity contribution is 5.87. The Morgan fingerprint density at radius 3 is 2.87 bits per heavy atom. The van der Waals surface area contributed by atoms with E-state index in [1.807, 2.05) is 6.07 Å². The Morgan fingerprint density at radius 2 is 2.22 bits per heavy atom. The molecule has 6 heteroatoms. The Hall–Kier alpha value is -2.21. The Kier molecular flexibility index (Phi) is 4.71. The van der Waals surface area contributed by atoms with Crippen LogP contribution in [-0.4, -0.2) is 32.7 Å². The molecule has 1 aliphatic carbocycles. The van der Waals surface area contributed by atoms with Crippen LogP contribution in [0.25, 0.3) is 0 Å². The first kappa shape index (κ1) is 15.7. The third kappa shape index (κ3) is 3.76. The van der Waals surface area contributed by atoms with E-state index in [1.165, 1.54) is 6.42 Å². The smallest absolute Gasteiger partial charge is 0.335 e.